The van der Waals surface area contributed by atoms with Gasteiger partial charge in [-0.25, -0.2) is 4.52 Å². The molecule has 2 aliphatic rings. The molecule has 1 N–H and O–H groups in total. The van der Waals surface area contributed by atoms with Crippen LogP contribution in [-0.2, 0) is 7.05 Å². The van der Waals surface area contributed by atoms with Crippen molar-refractivity contribution in [2.75, 3.05) is 13.1 Å². The summed E-state index contributed by atoms with van der Waals surface area (Å²) in [5.74, 6) is 0.107. The van der Waals surface area contributed by atoms with E-state index in [1.165, 1.54) is 12.8 Å². The van der Waals surface area contributed by atoms with E-state index < -0.39 is 0 Å². The summed E-state index contributed by atoms with van der Waals surface area (Å²) < 4.78 is 3.70. The Morgan fingerprint density at radius 1 is 1.30 bits per heavy atom. The Hall–Kier alpha value is -1.53. The molecule has 4 rings (SSSR count). The lowest BCUT2D eigenvalue weighted by Gasteiger charge is -2.32. The maximum absolute atomic E-state index is 12.7. The minimum atomic E-state index is 0. The Bertz CT molecular complexity index is 636. The predicted molar refractivity (Wildman–Crippen MR) is 77.3 cm³/mol. The van der Waals surface area contributed by atoms with Crippen molar-refractivity contribution in [3.63, 3.8) is 0 Å². The highest BCUT2D eigenvalue weighted by atomic mass is 35.5. The molecule has 2 aromatic rings. The average molecular weight is 296 g/mol. The minimum Gasteiger partial charge on any atom is -0.335 e. The number of rotatable bonds is 1. The molecule has 7 heteroatoms. The van der Waals surface area contributed by atoms with E-state index in [0.717, 1.165) is 18.7 Å². The molecule has 0 radical (unpaired) electrons. The second-order valence-electron chi connectivity index (χ2n) is 5.58. The number of aryl methyl sites for hydroxylation is 1. The summed E-state index contributed by atoms with van der Waals surface area (Å²) >= 11 is 0. The van der Waals surface area contributed by atoms with Crippen LogP contribution in [0.5, 0.6) is 0 Å². The zero-order valence-corrected chi connectivity index (χ0v) is 12.1. The second-order valence-corrected chi connectivity index (χ2v) is 5.58. The van der Waals surface area contributed by atoms with Crippen LogP contribution in [-0.4, -0.2) is 50.2 Å². The fraction of sp³-hybridized carbons (Fsp3) is 0.538. The van der Waals surface area contributed by atoms with Gasteiger partial charge < -0.3 is 14.8 Å². The number of halogens is 1. The Labute approximate surface area is 123 Å². The van der Waals surface area contributed by atoms with Crippen LogP contribution >= 0.6 is 12.4 Å². The molecular weight excluding hydrogens is 278 g/mol. The Morgan fingerprint density at radius 3 is 2.70 bits per heavy atom. The van der Waals surface area contributed by atoms with Gasteiger partial charge in [0.2, 0.25) is 0 Å². The number of likely N-dealkylation sites (tertiary alicyclic amines) is 1. The number of carbonyl (C=O) groups excluding carboxylic acids is 1. The van der Waals surface area contributed by atoms with Gasteiger partial charge in [-0.15, -0.1) is 12.4 Å². The van der Waals surface area contributed by atoms with Gasteiger partial charge in [0.25, 0.3) is 5.91 Å². The van der Waals surface area contributed by atoms with Crippen molar-refractivity contribution in [2.24, 2.45) is 7.05 Å². The molecular formula is C13H18ClN5O. The molecule has 2 aliphatic heterocycles. The number of hydrogen-bond acceptors (Lipinski definition) is 3. The van der Waals surface area contributed by atoms with Crippen molar-refractivity contribution in [1.29, 1.82) is 0 Å². The first-order valence-corrected chi connectivity index (χ1v) is 6.76. The zero-order chi connectivity index (χ0) is 13.0. The third kappa shape index (κ3) is 1.91. The molecule has 0 unspecified atom stereocenters. The van der Waals surface area contributed by atoms with E-state index in [2.05, 4.69) is 10.4 Å². The van der Waals surface area contributed by atoms with E-state index in [0.29, 0.717) is 17.6 Å². The van der Waals surface area contributed by atoms with E-state index in [1.807, 2.05) is 28.9 Å². The van der Waals surface area contributed by atoms with Crippen LogP contribution in [0.15, 0.2) is 18.6 Å². The normalized spacial score (nSPS) is 24.9. The van der Waals surface area contributed by atoms with Crippen molar-refractivity contribution in [2.45, 2.75) is 24.9 Å². The quantitative estimate of drug-likeness (QED) is 0.841. The summed E-state index contributed by atoms with van der Waals surface area (Å²) in [4.78, 5) is 14.7. The topological polar surface area (TPSA) is 54.6 Å². The van der Waals surface area contributed by atoms with E-state index in [9.17, 15) is 4.79 Å². The van der Waals surface area contributed by atoms with Gasteiger partial charge in [0.1, 0.15) is 11.2 Å². The SMILES string of the molecule is Cl.Cn1ccn2ncc(C(=O)N3C[C@H]4CC[C@@H](C3)N4)c12. The molecule has 0 spiro atoms. The molecule has 20 heavy (non-hydrogen) atoms. The van der Waals surface area contributed by atoms with Gasteiger partial charge >= 0.3 is 0 Å². The molecule has 108 valence electrons. The number of imidazole rings is 1. The standard InChI is InChI=1S/C13H17N5O.ClH/c1-16-4-5-18-12(16)11(6-14-18)13(19)17-7-9-2-3-10(8-17)15-9;/h4-6,9-10,15H,2-3,7-8H2,1H3;1H/t9-,10+;. The molecule has 0 aromatic carbocycles. The van der Waals surface area contributed by atoms with Crippen molar-refractivity contribution in [3.8, 4) is 0 Å². The van der Waals surface area contributed by atoms with Gasteiger partial charge in [0, 0.05) is 44.6 Å². The lowest BCUT2D eigenvalue weighted by atomic mass is 10.2. The van der Waals surface area contributed by atoms with Crippen LogP contribution in [0.4, 0.5) is 0 Å². The molecule has 2 atom stereocenters. The number of piperazine rings is 1. The van der Waals surface area contributed by atoms with Gasteiger partial charge in [-0.05, 0) is 12.8 Å². The molecule has 6 nitrogen and oxygen atoms in total. The maximum Gasteiger partial charge on any atom is 0.259 e. The lowest BCUT2D eigenvalue weighted by molar-refractivity contribution is 0.0699. The molecule has 2 saturated heterocycles. The monoisotopic (exact) mass is 295 g/mol. The largest absolute Gasteiger partial charge is 0.335 e. The molecule has 2 bridgehead atoms. The van der Waals surface area contributed by atoms with Crippen molar-refractivity contribution >= 4 is 24.0 Å². The predicted octanol–water partition coefficient (Wildman–Crippen LogP) is 0.671. The lowest BCUT2D eigenvalue weighted by Crippen LogP contribution is -2.53. The number of nitrogens with one attached hydrogen (secondary N) is 1. The van der Waals surface area contributed by atoms with Gasteiger partial charge in [0.15, 0.2) is 0 Å². The van der Waals surface area contributed by atoms with Crippen LogP contribution in [0.1, 0.15) is 23.2 Å². The highest BCUT2D eigenvalue weighted by molar-refractivity contribution is 6.00. The van der Waals surface area contributed by atoms with Gasteiger partial charge in [-0.2, -0.15) is 5.10 Å². The van der Waals surface area contributed by atoms with Crippen molar-refractivity contribution < 1.29 is 4.79 Å². The second kappa shape index (κ2) is 4.79. The van der Waals surface area contributed by atoms with Crippen molar-refractivity contribution in [1.82, 2.24) is 24.4 Å². The summed E-state index contributed by atoms with van der Waals surface area (Å²) in [7, 11) is 1.94. The van der Waals surface area contributed by atoms with E-state index in [-0.39, 0.29) is 18.3 Å². The van der Waals surface area contributed by atoms with E-state index in [1.54, 1.807) is 10.7 Å². The number of aromatic nitrogens is 3. The minimum absolute atomic E-state index is 0. The Kier molecular flexibility index (Phi) is 3.22. The highest BCUT2D eigenvalue weighted by Crippen LogP contribution is 2.22. The van der Waals surface area contributed by atoms with Gasteiger partial charge in [-0.1, -0.05) is 0 Å². The molecule has 0 aliphatic carbocycles. The first kappa shape index (κ1) is 13.5. The summed E-state index contributed by atoms with van der Waals surface area (Å²) in [6.07, 6.45) is 7.83. The third-order valence-electron chi connectivity index (χ3n) is 4.27. The van der Waals surface area contributed by atoms with Crippen molar-refractivity contribution in [3.05, 3.63) is 24.2 Å². The third-order valence-corrected chi connectivity index (χ3v) is 4.27. The summed E-state index contributed by atoms with van der Waals surface area (Å²) in [6, 6.07) is 0.948. The molecule has 4 heterocycles. The molecule has 2 aromatic heterocycles. The molecule has 0 saturated carbocycles. The summed E-state index contributed by atoms with van der Waals surface area (Å²) in [5, 5.41) is 7.79. The maximum atomic E-state index is 12.7. The van der Waals surface area contributed by atoms with Gasteiger partial charge in [-0.3, -0.25) is 4.79 Å². The smallest absolute Gasteiger partial charge is 0.259 e. The molecule has 2 fully saturated rings. The zero-order valence-electron chi connectivity index (χ0n) is 11.3. The first-order chi connectivity index (χ1) is 9.22. The van der Waals surface area contributed by atoms with Crippen LogP contribution in [0.2, 0.25) is 0 Å². The number of carbonyl (C=O) groups is 1. The van der Waals surface area contributed by atoms with E-state index in [4.69, 9.17) is 0 Å². The average Bonchev–Trinajstić information content (AvgIpc) is 3.07. The fourth-order valence-electron chi connectivity index (χ4n) is 3.33. The highest BCUT2D eigenvalue weighted by Gasteiger charge is 2.35. The molecule has 1 amide bonds. The fourth-order valence-corrected chi connectivity index (χ4v) is 3.33. The van der Waals surface area contributed by atoms with Crippen LogP contribution in [0, 0.1) is 0 Å². The Balaban J connectivity index is 0.00000121. The Morgan fingerprint density at radius 2 is 2.00 bits per heavy atom. The number of fused-ring (bicyclic) bond motifs is 3. The first-order valence-electron chi connectivity index (χ1n) is 6.76. The van der Waals surface area contributed by atoms with Crippen LogP contribution in [0.25, 0.3) is 5.65 Å². The number of nitrogens with zero attached hydrogens (tertiary/aromatic N) is 4. The number of hydrogen-bond donors (Lipinski definition) is 1. The van der Waals surface area contributed by atoms with Crippen LogP contribution in [0.3, 0.4) is 0 Å². The summed E-state index contributed by atoms with van der Waals surface area (Å²) in [6.45, 7) is 1.63. The number of amides is 1. The summed E-state index contributed by atoms with van der Waals surface area (Å²) in [5.41, 5.74) is 1.57. The van der Waals surface area contributed by atoms with Gasteiger partial charge in [0.05, 0.1) is 6.20 Å². The van der Waals surface area contributed by atoms with Crippen LogP contribution < -0.4 is 5.32 Å². The van der Waals surface area contributed by atoms with E-state index >= 15 is 0 Å².